The Bertz CT molecular complexity index is 1510. The Morgan fingerprint density at radius 1 is 1.06 bits per heavy atom. The Morgan fingerprint density at radius 2 is 1.83 bits per heavy atom. The van der Waals surface area contributed by atoms with Crippen LogP contribution < -0.4 is 20.5 Å². The second kappa shape index (κ2) is 9.35. The summed E-state index contributed by atoms with van der Waals surface area (Å²) in [5.74, 6) is 1.87. The lowest BCUT2D eigenvalue weighted by Gasteiger charge is -2.12. The zero-order valence-corrected chi connectivity index (χ0v) is 20.6. The van der Waals surface area contributed by atoms with Gasteiger partial charge in [0.15, 0.2) is 11.0 Å². The molecule has 0 amide bonds. The fourth-order valence-electron chi connectivity index (χ4n) is 3.48. The molecule has 0 spiro atoms. The Kier molecular flexibility index (Phi) is 6.10. The Balaban J connectivity index is 1.51. The summed E-state index contributed by atoms with van der Waals surface area (Å²) >= 11 is 8.10. The maximum atomic E-state index is 6.62. The van der Waals surface area contributed by atoms with E-state index in [-0.39, 0.29) is 5.95 Å². The number of nitrogen functional groups attached to an aromatic ring is 1. The monoisotopic (exact) mass is 508 g/mol. The van der Waals surface area contributed by atoms with Gasteiger partial charge in [0.05, 0.1) is 31.1 Å². The SMILES string of the molecule is COc1cc(Nc2ncc(-c3ccc(Sc4nccn4C)c(Cl)c3)n3nc(N)nc23)cc(OC)c1. The van der Waals surface area contributed by atoms with E-state index in [0.717, 1.165) is 15.6 Å². The van der Waals surface area contributed by atoms with Crippen LogP contribution in [0.15, 0.2) is 65.0 Å². The van der Waals surface area contributed by atoms with Gasteiger partial charge in [-0.2, -0.15) is 4.98 Å². The number of imidazole rings is 1. The highest BCUT2D eigenvalue weighted by Crippen LogP contribution is 2.36. The Morgan fingerprint density at radius 3 is 2.49 bits per heavy atom. The van der Waals surface area contributed by atoms with Crippen LogP contribution in [0.3, 0.4) is 0 Å². The number of nitrogens with two attached hydrogens (primary N) is 1. The number of nitrogens with one attached hydrogen (secondary N) is 1. The van der Waals surface area contributed by atoms with Crippen LogP contribution in [0.4, 0.5) is 17.5 Å². The van der Waals surface area contributed by atoms with Crippen molar-refractivity contribution in [3.8, 4) is 22.8 Å². The number of fused-ring (bicyclic) bond motifs is 1. The van der Waals surface area contributed by atoms with Crippen molar-refractivity contribution in [2.45, 2.75) is 10.1 Å². The fourth-order valence-corrected chi connectivity index (χ4v) is 4.58. The molecule has 2 aromatic carbocycles. The van der Waals surface area contributed by atoms with Crippen molar-refractivity contribution in [2.24, 2.45) is 7.05 Å². The van der Waals surface area contributed by atoms with E-state index in [4.69, 9.17) is 26.8 Å². The number of aryl methyl sites for hydroxylation is 1. The number of rotatable bonds is 7. The van der Waals surface area contributed by atoms with Crippen molar-refractivity contribution in [3.05, 3.63) is 60.0 Å². The molecule has 5 aromatic rings. The van der Waals surface area contributed by atoms with Gasteiger partial charge < -0.3 is 25.1 Å². The van der Waals surface area contributed by atoms with Gasteiger partial charge >= 0.3 is 0 Å². The molecule has 0 aliphatic heterocycles. The summed E-state index contributed by atoms with van der Waals surface area (Å²) in [7, 11) is 5.12. The summed E-state index contributed by atoms with van der Waals surface area (Å²) < 4.78 is 14.3. The van der Waals surface area contributed by atoms with E-state index in [1.807, 2.05) is 48.1 Å². The van der Waals surface area contributed by atoms with Crippen LogP contribution in [0.25, 0.3) is 16.9 Å². The quantitative estimate of drug-likeness (QED) is 0.323. The molecule has 178 valence electrons. The number of aromatic nitrogens is 6. The lowest BCUT2D eigenvalue weighted by Crippen LogP contribution is -2.02. The van der Waals surface area contributed by atoms with Gasteiger partial charge in [-0.15, -0.1) is 5.10 Å². The number of ether oxygens (including phenoxy) is 2. The minimum atomic E-state index is 0.124. The van der Waals surface area contributed by atoms with E-state index in [2.05, 4.69) is 25.4 Å². The zero-order valence-electron chi connectivity index (χ0n) is 19.1. The first kappa shape index (κ1) is 22.8. The molecule has 3 aromatic heterocycles. The molecule has 35 heavy (non-hydrogen) atoms. The van der Waals surface area contributed by atoms with Gasteiger partial charge in [-0.1, -0.05) is 29.4 Å². The van der Waals surface area contributed by atoms with Crippen molar-refractivity contribution in [1.29, 1.82) is 0 Å². The number of methoxy groups -OCH3 is 2. The molecule has 10 nitrogen and oxygen atoms in total. The summed E-state index contributed by atoms with van der Waals surface area (Å²) in [6, 6.07) is 11.2. The highest BCUT2D eigenvalue weighted by atomic mass is 35.5. The number of halogens is 1. The van der Waals surface area contributed by atoms with Crippen molar-refractivity contribution >= 4 is 46.5 Å². The molecule has 0 aliphatic carbocycles. The molecule has 0 bridgehead atoms. The van der Waals surface area contributed by atoms with Crippen LogP contribution in [0, 0.1) is 0 Å². The predicted octanol–water partition coefficient (Wildman–Crippen LogP) is 4.67. The summed E-state index contributed by atoms with van der Waals surface area (Å²) in [4.78, 5) is 14.2. The molecule has 0 fully saturated rings. The number of benzene rings is 2. The normalized spacial score (nSPS) is 11.1. The van der Waals surface area contributed by atoms with Gasteiger partial charge in [-0.25, -0.2) is 14.5 Å². The van der Waals surface area contributed by atoms with Gasteiger partial charge in [0.1, 0.15) is 11.5 Å². The van der Waals surface area contributed by atoms with Crippen LogP contribution >= 0.6 is 23.4 Å². The third kappa shape index (κ3) is 4.55. The van der Waals surface area contributed by atoms with Crippen LogP contribution in [-0.2, 0) is 7.05 Å². The molecule has 3 heterocycles. The van der Waals surface area contributed by atoms with Gasteiger partial charge in [0, 0.05) is 53.8 Å². The molecule has 3 N–H and O–H groups in total. The predicted molar refractivity (Wildman–Crippen MR) is 136 cm³/mol. The minimum absolute atomic E-state index is 0.124. The van der Waals surface area contributed by atoms with E-state index in [1.54, 1.807) is 37.2 Å². The highest BCUT2D eigenvalue weighted by Gasteiger charge is 2.16. The van der Waals surface area contributed by atoms with Crippen LogP contribution in [-0.4, -0.2) is 43.4 Å². The largest absolute Gasteiger partial charge is 0.497 e. The van der Waals surface area contributed by atoms with Crippen molar-refractivity contribution in [2.75, 3.05) is 25.3 Å². The lowest BCUT2D eigenvalue weighted by atomic mass is 10.1. The van der Waals surface area contributed by atoms with Crippen LogP contribution in [0.1, 0.15) is 0 Å². The first-order valence-corrected chi connectivity index (χ1v) is 11.6. The third-order valence-electron chi connectivity index (χ3n) is 5.20. The van der Waals surface area contributed by atoms with E-state index in [0.29, 0.717) is 39.4 Å². The third-order valence-corrected chi connectivity index (χ3v) is 6.78. The number of hydrogen-bond donors (Lipinski definition) is 2. The number of hydrogen-bond acceptors (Lipinski definition) is 9. The van der Waals surface area contributed by atoms with Crippen LogP contribution in [0.5, 0.6) is 11.5 Å². The molecule has 0 saturated heterocycles. The molecule has 12 heteroatoms. The van der Waals surface area contributed by atoms with Crippen molar-refractivity contribution < 1.29 is 9.47 Å². The molecular formula is C23H21ClN8O2S. The minimum Gasteiger partial charge on any atom is -0.497 e. The average Bonchev–Trinajstić information content (AvgIpc) is 3.45. The second-order valence-corrected chi connectivity index (χ2v) is 8.91. The molecular weight excluding hydrogens is 488 g/mol. The van der Waals surface area contributed by atoms with E-state index >= 15 is 0 Å². The molecule has 0 atom stereocenters. The van der Waals surface area contributed by atoms with Gasteiger partial charge in [-0.05, 0) is 12.1 Å². The molecule has 0 aliphatic rings. The van der Waals surface area contributed by atoms with Crippen LogP contribution in [0.2, 0.25) is 5.02 Å². The van der Waals surface area contributed by atoms with E-state index in [9.17, 15) is 0 Å². The summed E-state index contributed by atoms with van der Waals surface area (Å²) in [5, 5.41) is 9.06. The van der Waals surface area contributed by atoms with Gasteiger partial charge in [0.2, 0.25) is 11.6 Å². The van der Waals surface area contributed by atoms with Gasteiger partial charge in [0.25, 0.3) is 0 Å². The molecule has 0 saturated carbocycles. The zero-order chi connectivity index (χ0) is 24.5. The summed E-state index contributed by atoms with van der Waals surface area (Å²) in [5.41, 5.74) is 8.64. The lowest BCUT2D eigenvalue weighted by molar-refractivity contribution is 0.395. The Hall–Kier alpha value is -3.96. The standard InChI is InChI=1S/C23H21ClN8O2S/c1-31-7-6-26-23(31)35-19-5-4-13(8-17(19)24)18-12-27-20(21-29-22(25)30-32(18)21)28-14-9-15(33-2)11-16(10-14)34-3/h4-12H,1-3H3,(H2,25,30)(H,27,28). The first-order chi connectivity index (χ1) is 16.9. The van der Waals surface area contributed by atoms with E-state index in [1.165, 1.54) is 11.8 Å². The number of anilines is 3. The molecule has 0 unspecified atom stereocenters. The fraction of sp³-hybridized carbons (Fsp3) is 0.130. The second-order valence-electron chi connectivity index (χ2n) is 7.49. The van der Waals surface area contributed by atoms with Crippen molar-refractivity contribution in [3.63, 3.8) is 0 Å². The highest BCUT2D eigenvalue weighted by molar-refractivity contribution is 7.99. The maximum absolute atomic E-state index is 6.62. The Labute approximate surface area is 210 Å². The maximum Gasteiger partial charge on any atom is 0.240 e. The number of nitrogens with zero attached hydrogens (tertiary/aromatic N) is 6. The van der Waals surface area contributed by atoms with Crippen molar-refractivity contribution in [1.82, 2.24) is 29.1 Å². The molecule has 5 rings (SSSR count). The smallest absolute Gasteiger partial charge is 0.240 e. The molecule has 0 radical (unpaired) electrons. The first-order valence-electron chi connectivity index (χ1n) is 10.4. The topological polar surface area (TPSA) is 117 Å². The van der Waals surface area contributed by atoms with E-state index < -0.39 is 0 Å². The average molecular weight is 509 g/mol. The summed E-state index contributed by atoms with van der Waals surface area (Å²) in [6.07, 6.45) is 5.33. The van der Waals surface area contributed by atoms with Gasteiger partial charge in [-0.3, -0.25) is 0 Å². The summed E-state index contributed by atoms with van der Waals surface area (Å²) in [6.45, 7) is 0.